The predicted octanol–water partition coefficient (Wildman–Crippen LogP) is 5.47. The first-order chi connectivity index (χ1) is 16.1. The molecule has 186 valence electrons. The number of rotatable bonds is 10. The van der Waals surface area contributed by atoms with Gasteiger partial charge < -0.3 is 14.2 Å². The van der Waals surface area contributed by atoms with E-state index < -0.39 is 11.3 Å². The number of amides is 1. The van der Waals surface area contributed by atoms with E-state index in [-0.39, 0.29) is 18.2 Å². The summed E-state index contributed by atoms with van der Waals surface area (Å²) in [4.78, 5) is 17.3. The maximum Gasteiger partial charge on any atom is 0.412 e. The van der Waals surface area contributed by atoms with E-state index >= 15 is 0 Å². The number of hydrogen-bond donors (Lipinski definition) is 0. The van der Waals surface area contributed by atoms with Crippen LogP contribution in [0.2, 0.25) is 0 Å². The van der Waals surface area contributed by atoms with Crippen LogP contribution in [0.15, 0.2) is 60.7 Å². The molecule has 0 N–H and O–H groups in total. The second kappa shape index (κ2) is 11.3. The van der Waals surface area contributed by atoms with E-state index in [0.717, 1.165) is 13.1 Å². The predicted molar refractivity (Wildman–Crippen MR) is 134 cm³/mol. The third kappa shape index (κ3) is 6.81. The van der Waals surface area contributed by atoms with Gasteiger partial charge in [0.15, 0.2) is 0 Å². The van der Waals surface area contributed by atoms with Gasteiger partial charge in [-0.15, -0.1) is 0 Å². The first-order valence-electron chi connectivity index (χ1n) is 12.1. The van der Waals surface area contributed by atoms with E-state index in [9.17, 15) is 4.79 Å². The molecular weight excluding hydrogens is 428 g/mol. The normalized spacial score (nSPS) is 18.6. The van der Waals surface area contributed by atoms with Crippen molar-refractivity contribution in [2.24, 2.45) is 0 Å². The molecule has 1 aliphatic rings. The molecule has 2 aromatic carbocycles. The molecule has 0 radical (unpaired) electrons. The highest BCUT2D eigenvalue weighted by molar-refractivity contribution is 5.70. The van der Waals surface area contributed by atoms with Gasteiger partial charge in [-0.3, -0.25) is 9.80 Å². The lowest BCUT2D eigenvalue weighted by Gasteiger charge is -2.38. The molecule has 6 nitrogen and oxygen atoms in total. The SMILES string of the molecule is COC[C@H](C[C@H](C)OC(=O)N1C(C)(C)COC1(C)C)N(Cc1ccccc1)Cc1ccccc1. The standard InChI is InChI=1S/C28H40N2O4/c1-22(34-26(31)30-27(2,3)21-33-28(30,4)5)17-25(20-32-6)29(18-23-13-9-7-10-14-23)19-24-15-11-8-12-16-24/h7-16,22,25H,17-21H2,1-6H3/t22-,25-/m0/s1. The summed E-state index contributed by atoms with van der Waals surface area (Å²) in [7, 11) is 1.72. The Balaban J connectivity index is 1.74. The molecule has 0 unspecified atom stereocenters. The molecule has 34 heavy (non-hydrogen) atoms. The largest absolute Gasteiger partial charge is 0.446 e. The van der Waals surface area contributed by atoms with Crippen LogP contribution in [0.25, 0.3) is 0 Å². The fourth-order valence-corrected chi connectivity index (χ4v) is 4.80. The molecule has 0 saturated carbocycles. The van der Waals surface area contributed by atoms with Gasteiger partial charge in [0.1, 0.15) is 11.8 Å². The van der Waals surface area contributed by atoms with Crippen LogP contribution in [0, 0.1) is 0 Å². The second-order valence-electron chi connectivity index (χ2n) is 10.3. The molecule has 1 saturated heterocycles. The fraction of sp³-hybridized carbons (Fsp3) is 0.536. The van der Waals surface area contributed by atoms with Gasteiger partial charge in [-0.1, -0.05) is 60.7 Å². The average Bonchev–Trinajstić information content (AvgIpc) is 3.01. The van der Waals surface area contributed by atoms with Crippen LogP contribution in [0.3, 0.4) is 0 Å². The number of ether oxygens (including phenoxy) is 3. The zero-order valence-corrected chi connectivity index (χ0v) is 21.5. The van der Waals surface area contributed by atoms with Gasteiger partial charge in [0.25, 0.3) is 0 Å². The Hall–Kier alpha value is -2.41. The van der Waals surface area contributed by atoms with E-state index in [2.05, 4.69) is 53.4 Å². The van der Waals surface area contributed by atoms with Crippen LogP contribution >= 0.6 is 0 Å². The summed E-state index contributed by atoms with van der Waals surface area (Å²) in [6, 6.07) is 21.0. The van der Waals surface area contributed by atoms with Crippen molar-refractivity contribution in [3.8, 4) is 0 Å². The molecule has 1 aliphatic heterocycles. The number of carbonyl (C=O) groups excluding carboxylic acids is 1. The van der Waals surface area contributed by atoms with Crippen molar-refractivity contribution in [1.29, 1.82) is 0 Å². The van der Waals surface area contributed by atoms with Gasteiger partial charge in [-0.05, 0) is 45.7 Å². The van der Waals surface area contributed by atoms with Crippen LogP contribution in [0.5, 0.6) is 0 Å². The van der Waals surface area contributed by atoms with Crippen molar-refractivity contribution < 1.29 is 19.0 Å². The summed E-state index contributed by atoms with van der Waals surface area (Å²) in [6.07, 6.45) is 0.0390. The van der Waals surface area contributed by atoms with Crippen molar-refractivity contribution in [3.63, 3.8) is 0 Å². The van der Waals surface area contributed by atoms with Crippen LogP contribution in [-0.4, -0.2) is 59.6 Å². The molecule has 2 atom stereocenters. The van der Waals surface area contributed by atoms with Crippen molar-refractivity contribution >= 4 is 6.09 Å². The maximum atomic E-state index is 13.2. The third-order valence-corrected chi connectivity index (χ3v) is 6.34. The van der Waals surface area contributed by atoms with Crippen LogP contribution in [0.1, 0.15) is 52.2 Å². The highest BCUT2D eigenvalue weighted by atomic mass is 16.6. The van der Waals surface area contributed by atoms with Crippen molar-refractivity contribution in [1.82, 2.24) is 9.80 Å². The minimum absolute atomic E-state index is 0.0732. The Morgan fingerprint density at radius 2 is 1.53 bits per heavy atom. The fourth-order valence-electron chi connectivity index (χ4n) is 4.80. The minimum Gasteiger partial charge on any atom is -0.446 e. The second-order valence-corrected chi connectivity index (χ2v) is 10.3. The quantitative estimate of drug-likeness (QED) is 0.463. The van der Waals surface area contributed by atoms with E-state index in [1.165, 1.54) is 11.1 Å². The van der Waals surface area contributed by atoms with Gasteiger partial charge >= 0.3 is 6.09 Å². The smallest absolute Gasteiger partial charge is 0.412 e. The molecule has 2 aromatic rings. The molecule has 6 heteroatoms. The van der Waals surface area contributed by atoms with E-state index in [1.54, 1.807) is 12.0 Å². The topological polar surface area (TPSA) is 51.2 Å². The Morgan fingerprint density at radius 1 is 1.00 bits per heavy atom. The molecule has 1 fully saturated rings. The van der Waals surface area contributed by atoms with Crippen molar-refractivity contribution in [2.45, 2.75) is 77.5 Å². The van der Waals surface area contributed by atoms with E-state index in [0.29, 0.717) is 19.6 Å². The number of hydrogen-bond acceptors (Lipinski definition) is 5. The molecule has 3 rings (SSSR count). The summed E-state index contributed by atoms with van der Waals surface area (Å²) in [5.74, 6) is 0. The first kappa shape index (κ1) is 26.2. The van der Waals surface area contributed by atoms with Gasteiger partial charge in [0, 0.05) is 32.7 Å². The summed E-state index contributed by atoms with van der Waals surface area (Å²) in [5, 5.41) is 0. The Bertz CT molecular complexity index is 844. The average molecular weight is 469 g/mol. The first-order valence-corrected chi connectivity index (χ1v) is 12.1. The number of benzene rings is 2. The monoisotopic (exact) mass is 468 g/mol. The van der Waals surface area contributed by atoms with E-state index in [1.807, 2.05) is 46.8 Å². The lowest BCUT2D eigenvalue weighted by Crippen LogP contribution is -2.53. The molecule has 0 spiro atoms. The zero-order valence-electron chi connectivity index (χ0n) is 21.5. The molecule has 1 heterocycles. The number of carbonyl (C=O) groups is 1. The van der Waals surface area contributed by atoms with Gasteiger partial charge in [-0.25, -0.2) is 4.79 Å². The van der Waals surface area contributed by atoms with Gasteiger partial charge in [0.2, 0.25) is 0 Å². The molecular formula is C28H40N2O4. The Morgan fingerprint density at radius 3 is 1.97 bits per heavy atom. The Labute approximate surface area is 204 Å². The summed E-state index contributed by atoms with van der Waals surface area (Å²) >= 11 is 0. The Kier molecular flexibility index (Phi) is 8.74. The zero-order chi connectivity index (χ0) is 24.8. The maximum absolute atomic E-state index is 13.2. The highest BCUT2D eigenvalue weighted by Crippen LogP contribution is 2.35. The lowest BCUT2D eigenvalue weighted by molar-refractivity contribution is -0.0603. The van der Waals surface area contributed by atoms with Crippen LogP contribution in [-0.2, 0) is 27.3 Å². The van der Waals surface area contributed by atoms with Gasteiger partial charge in [-0.2, -0.15) is 0 Å². The third-order valence-electron chi connectivity index (χ3n) is 6.34. The molecule has 0 bridgehead atoms. The molecule has 0 aliphatic carbocycles. The van der Waals surface area contributed by atoms with Crippen LogP contribution in [0.4, 0.5) is 4.79 Å². The van der Waals surface area contributed by atoms with Crippen molar-refractivity contribution in [2.75, 3.05) is 20.3 Å². The lowest BCUT2D eigenvalue weighted by atomic mass is 10.0. The van der Waals surface area contributed by atoms with Crippen LogP contribution < -0.4 is 0 Å². The van der Waals surface area contributed by atoms with Crippen molar-refractivity contribution in [3.05, 3.63) is 71.8 Å². The molecule has 0 aromatic heterocycles. The number of nitrogens with zero attached hydrogens (tertiary/aromatic N) is 2. The minimum atomic E-state index is -0.696. The highest BCUT2D eigenvalue weighted by Gasteiger charge is 2.50. The summed E-state index contributed by atoms with van der Waals surface area (Å²) in [5.41, 5.74) is 1.36. The summed E-state index contributed by atoms with van der Waals surface area (Å²) < 4.78 is 17.4. The number of methoxy groups -OCH3 is 1. The van der Waals surface area contributed by atoms with Gasteiger partial charge in [0.05, 0.1) is 18.8 Å². The van der Waals surface area contributed by atoms with E-state index in [4.69, 9.17) is 14.2 Å². The molecule has 1 amide bonds. The summed E-state index contributed by atoms with van der Waals surface area (Å²) in [6.45, 7) is 12.4.